The van der Waals surface area contributed by atoms with Crippen LogP contribution in [0.4, 0.5) is 4.39 Å². The normalized spacial score (nSPS) is 12.5. The lowest BCUT2D eigenvalue weighted by atomic mass is 9.98. The van der Waals surface area contributed by atoms with Crippen molar-refractivity contribution in [3.63, 3.8) is 0 Å². The first-order chi connectivity index (χ1) is 9.04. The van der Waals surface area contributed by atoms with Gasteiger partial charge in [-0.05, 0) is 75.4 Å². The quantitative estimate of drug-likeness (QED) is 0.569. The minimum Gasteiger partial charge on any atom is -0.309 e. The molecule has 100 valence electrons. The first-order valence-corrected chi connectivity index (χ1v) is 8.27. The number of halogens is 4. The molecule has 1 unspecified atom stereocenters. The smallest absolute Gasteiger partial charge is 0.142 e. The monoisotopic (exact) mass is 497 g/mol. The summed E-state index contributed by atoms with van der Waals surface area (Å²) in [5, 5.41) is 3.18. The van der Waals surface area contributed by atoms with Crippen molar-refractivity contribution in [3.05, 3.63) is 65.9 Å². The average molecular weight is 499 g/mol. The summed E-state index contributed by atoms with van der Waals surface area (Å²) in [5.41, 5.74) is 1.64. The van der Waals surface area contributed by atoms with Gasteiger partial charge in [-0.15, -0.1) is 0 Å². The maximum atomic E-state index is 14.3. The molecular weight excluding hydrogens is 488 g/mol. The van der Waals surface area contributed by atoms with Crippen LogP contribution in [0.25, 0.3) is 0 Å². The van der Waals surface area contributed by atoms with Gasteiger partial charge in [0.05, 0.1) is 10.5 Å². The fraction of sp³-hybridized carbons (Fsp3) is 0.143. The standard InChI is InChI=1S/C14H11Br2FIN/c1-19-14(9-3-2-4-12(16)13(9)17)10-7-8(18)5-6-11(10)15/h2-7,14,19H,1H3. The van der Waals surface area contributed by atoms with Crippen LogP contribution in [-0.2, 0) is 0 Å². The molecule has 0 aliphatic carbocycles. The number of benzene rings is 2. The van der Waals surface area contributed by atoms with E-state index in [9.17, 15) is 4.39 Å². The van der Waals surface area contributed by atoms with E-state index in [1.807, 2.05) is 31.3 Å². The Balaban J connectivity index is 2.56. The largest absolute Gasteiger partial charge is 0.309 e. The van der Waals surface area contributed by atoms with Crippen molar-refractivity contribution >= 4 is 54.5 Å². The maximum Gasteiger partial charge on any atom is 0.142 e. The van der Waals surface area contributed by atoms with Crippen LogP contribution in [0, 0.1) is 9.39 Å². The molecule has 1 atom stereocenters. The highest BCUT2D eigenvalue weighted by atomic mass is 127. The Hall–Kier alpha value is 0.0200. The van der Waals surface area contributed by atoms with Crippen LogP contribution in [0.3, 0.4) is 0 Å². The Labute approximate surface area is 142 Å². The van der Waals surface area contributed by atoms with E-state index in [0.717, 1.165) is 13.6 Å². The summed E-state index contributed by atoms with van der Waals surface area (Å²) >= 11 is 9.02. The molecule has 19 heavy (non-hydrogen) atoms. The summed E-state index contributed by atoms with van der Waals surface area (Å²) in [6, 6.07) is 11.2. The lowest BCUT2D eigenvalue weighted by Gasteiger charge is -2.20. The van der Waals surface area contributed by atoms with Crippen molar-refractivity contribution in [1.82, 2.24) is 5.32 Å². The van der Waals surface area contributed by atoms with Crippen molar-refractivity contribution in [2.75, 3.05) is 7.05 Å². The van der Waals surface area contributed by atoms with Gasteiger partial charge in [0, 0.05) is 13.6 Å². The van der Waals surface area contributed by atoms with Crippen molar-refractivity contribution in [2.45, 2.75) is 6.04 Å². The molecule has 0 saturated heterocycles. The highest BCUT2D eigenvalue weighted by Crippen LogP contribution is 2.32. The van der Waals surface area contributed by atoms with Crippen LogP contribution >= 0.6 is 54.5 Å². The summed E-state index contributed by atoms with van der Waals surface area (Å²) in [6.45, 7) is 0. The van der Waals surface area contributed by atoms with E-state index in [1.54, 1.807) is 12.1 Å². The van der Waals surface area contributed by atoms with Gasteiger partial charge in [0.1, 0.15) is 5.82 Å². The third kappa shape index (κ3) is 3.37. The number of rotatable bonds is 3. The minimum absolute atomic E-state index is 0.193. The van der Waals surface area contributed by atoms with Crippen LogP contribution in [0.1, 0.15) is 17.2 Å². The van der Waals surface area contributed by atoms with Gasteiger partial charge >= 0.3 is 0 Å². The lowest BCUT2D eigenvalue weighted by Crippen LogP contribution is -2.19. The summed E-state index contributed by atoms with van der Waals surface area (Å²) < 4.78 is 16.8. The molecule has 0 bridgehead atoms. The Kier molecular flexibility index (Phi) is 5.39. The molecule has 5 heteroatoms. The van der Waals surface area contributed by atoms with Crippen molar-refractivity contribution in [2.24, 2.45) is 0 Å². The molecule has 2 rings (SSSR count). The van der Waals surface area contributed by atoms with Gasteiger partial charge in [0.25, 0.3) is 0 Å². The summed E-state index contributed by atoms with van der Waals surface area (Å²) in [4.78, 5) is 0. The molecule has 0 radical (unpaired) electrons. The fourth-order valence-electron chi connectivity index (χ4n) is 1.96. The second-order valence-electron chi connectivity index (χ2n) is 4.03. The molecule has 0 saturated carbocycles. The third-order valence-corrected chi connectivity index (χ3v) is 4.86. The molecule has 0 fully saturated rings. The second kappa shape index (κ2) is 6.65. The molecule has 1 N–H and O–H groups in total. The third-order valence-electron chi connectivity index (χ3n) is 2.85. The van der Waals surface area contributed by atoms with Gasteiger partial charge in [0.2, 0.25) is 0 Å². The molecule has 0 spiro atoms. The van der Waals surface area contributed by atoms with E-state index in [2.05, 4.69) is 59.8 Å². The topological polar surface area (TPSA) is 12.0 Å². The van der Waals surface area contributed by atoms with E-state index < -0.39 is 0 Å². The lowest BCUT2D eigenvalue weighted by molar-refractivity contribution is 0.570. The van der Waals surface area contributed by atoms with E-state index in [0.29, 0.717) is 10.0 Å². The minimum atomic E-state index is -0.229. The Morgan fingerprint density at radius 2 is 1.84 bits per heavy atom. The zero-order chi connectivity index (χ0) is 14.0. The van der Waals surface area contributed by atoms with E-state index in [4.69, 9.17) is 0 Å². The van der Waals surface area contributed by atoms with E-state index >= 15 is 0 Å². The molecule has 2 aromatic carbocycles. The Morgan fingerprint density at radius 1 is 1.11 bits per heavy atom. The fourth-order valence-corrected chi connectivity index (χ4v) is 3.33. The van der Waals surface area contributed by atoms with E-state index in [1.165, 1.54) is 0 Å². The Bertz CT molecular complexity index is 602. The highest BCUT2D eigenvalue weighted by molar-refractivity contribution is 14.1. The van der Waals surface area contributed by atoms with Gasteiger partial charge < -0.3 is 5.32 Å². The molecule has 2 aromatic rings. The average Bonchev–Trinajstić information content (AvgIpc) is 2.39. The van der Waals surface area contributed by atoms with Gasteiger partial charge in [0.15, 0.2) is 0 Å². The first-order valence-electron chi connectivity index (χ1n) is 5.60. The van der Waals surface area contributed by atoms with Crippen LogP contribution in [0.15, 0.2) is 45.3 Å². The zero-order valence-corrected chi connectivity index (χ0v) is 15.4. The molecule has 0 aliphatic rings. The van der Waals surface area contributed by atoms with Crippen molar-refractivity contribution in [1.29, 1.82) is 0 Å². The molecule has 1 nitrogen and oxygen atoms in total. The predicted octanol–water partition coefficient (Wildman–Crippen LogP) is 5.26. The molecule has 0 aromatic heterocycles. The highest BCUT2D eigenvalue weighted by Gasteiger charge is 2.20. The van der Waals surface area contributed by atoms with Crippen molar-refractivity contribution in [3.8, 4) is 0 Å². The van der Waals surface area contributed by atoms with Gasteiger partial charge in [-0.1, -0.05) is 28.1 Å². The summed E-state index contributed by atoms with van der Waals surface area (Å²) in [7, 11) is 1.83. The SMILES string of the molecule is CNC(c1cc(I)ccc1Br)c1cccc(Br)c1F. The maximum absolute atomic E-state index is 14.3. The van der Waals surface area contributed by atoms with Crippen LogP contribution in [-0.4, -0.2) is 7.05 Å². The van der Waals surface area contributed by atoms with Crippen LogP contribution < -0.4 is 5.32 Å². The first kappa shape index (κ1) is 15.4. The molecular formula is C14H11Br2FIN. The van der Waals surface area contributed by atoms with Crippen LogP contribution in [0.2, 0.25) is 0 Å². The molecule has 0 amide bonds. The van der Waals surface area contributed by atoms with Crippen LogP contribution in [0.5, 0.6) is 0 Å². The van der Waals surface area contributed by atoms with Gasteiger partial charge in [-0.25, -0.2) is 4.39 Å². The Morgan fingerprint density at radius 3 is 2.53 bits per heavy atom. The van der Waals surface area contributed by atoms with Gasteiger partial charge in [-0.3, -0.25) is 0 Å². The summed E-state index contributed by atoms with van der Waals surface area (Å²) in [6.07, 6.45) is 0. The number of hydrogen-bond donors (Lipinski definition) is 1. The van der Waals surface area contributed by atoms with Gasteiger partial charge in [-0.2, -0.15) is 0 Å². The van der Waals surface area contributed by atoms with E-state index in [-0.39, 0.29) is 11.9 Å². The summed E-state index contributed by atoms with van der Waals surface area (Å²) in [5.74, 6) is -0.229. The number of hydrogen-bond acceptors (Lipinski definition) is 1. The molecule has 0 aliphatic heterocycles. The number of nitrogens with one attached hydrogen (secondary N) is 1. The predicted molar refractivity (Wildman–Crippen MR) is 91.9 cm³/mol. The molecule has 0 heterocycles. The zero-order valence-electron chi connectivity index (χ0n) is 10.1. The van der Waals surface area contributed by atoms with Crippen molar-refractivity contribution < 1.29 is 4.39 Å². The second-order valence-corrected chi connectivity index (χ2v) is 6.98.